The predicted molar refractivity (Wildman–Crippen MR) is 95.0 cm³/mol. The fourth-order valence-corrected chi connectivity index (χ4v) is 5.62. The highest BCUT2D eigenvalue weighted by Crippen LogP contribution is 2.31. The van der Waals surface area contributed by atoms with Gasteiger partial charge in [0.2, 0.25) is 10.0 Å². The van der Waals surface area contributed by atoms with E-state index < -0.39 is 10.0 Å². The maximum absolute atomic E-state index is 13.0. The minimum atomic E-state index is -3.39. The molecule has 2 fully saturated rings. The molecule has 0 aliphatic carbocycles. The van der Waals surface area contributed by atoms with Crippen LogP contribution in [0.4, 0.5) is 5.69 Å². The molecule has 0 radical (unpaired) electrons. The van der Waals surface area contributed by atoms with Crippen molar-refractivity contribution < 1.29 is 8.42 Å². The smallest absolute Gasteiger partial charge is 0.243 e. The molecule has 3 aliphatic heterocycles. The van der Waals surface area contributed by atoms with Crippen LogP contribution < -0.4 is 10.2 Å². The summed E-state index contributed by atoms with van der Waals surface area (Å²) in [6.45, 7) is 6.25. The average molecular weight is 350 g/mol. The van der Waals surface area contributed by atoms with Crippen LogP contribution in [0.2, 0.25) is 0 Å². The number of rotatable bonds is 3. The Kier molecular flexibility index (Phi) is 4.28. The highest BCUT2D eigenvalue weighted by atomic mass is 32.2. The van der Waals surface area contributed by atoms with Crippen molar-refractivity contribution in [1.82, 2.24) is 14.5 Å². The molecule has 3 heterocycles. The SMILES string of the molecule is CN1CCc2ccc(S(=O)(=O)N3CCC(N4CCNCC4)C3)cc21. The van der Waals surface area contributed by atoms with E-state index in [2.05, 4.69) is 15.1 Å². The number of nitrogens with zero attached hydrogens (tertiary/aromatic N) is 3. The number of fused-ring (bicyclic) bond motifs is 1. The Morgan fingerprint density at radius 3 is 2.71 bits per heavy atom. The number of anilines is 1. The summed E-state index contributed by atoms with van der Waals surface area (Å²) in [5.74, 6) is 0. The molecular weight excluding hydrogens is 324 g/mol. The van der Waals surface area contributed by atoms with Gasteiger partial charge in [0.15, 0.2) is 0 Å². The standard InChI is InChI=1S/C17H26N4O2S/c1-19-8-4-14-2-3-16(12-17(14)19)24(22,23)21-9-5-15(13-21)20-10-6-18-7-11-20/h2-3,12,15,18H,4-11,13H2,1H3. The van der Waals surface area contributed by atoms with Gasteiger partial charge in [0.25, 0.3) is 0 Å². The maximum Gasteiger partial charge on any atom is 0.243 e. The summed E-state index contributed by atoms with van der Waals surface area (Å²) in [6.07, 6.45) is 1.94. The quantitative estimate of drug-likeness (QED) is 0.852. The van der Waals surface area contributed by atoms with Crippen molar-refractivity contribution in [1.29, 1.82) is 0 Å². The number of piperazine rings is 1. The summed E-state index contributed by atoms with van der Waals surface area (Å²) in [7, 11) is -1.36. The van der Waals surface area contributed by atoms with Crippen molar-refractivity contribution in [2.24, 2.45) is 0 Å². The Bertz CT molecular complexity index is 715. The minimum Gasteiger partial charge on any atom is -0.374 e. The zero-order valence-corrected chi connectivity index (χ0v) is 15.1. The monoisotopic (exact) mass is 350 g/mol. The molecule has 132 valence electrons. The molecule has 1 unspecified atom stereocenters. The van der Waals surface area contributed by atoms with E-state index in [1.54, 1.807) is 10.4 Å². The summed E-state index contributed by atoms with van der Waals surface area (Å²) < 4.78 is 27.8. The molecule has 6 nitrogen and oxygen atoms in total. The molecule has 0 saturated carbocycles. The summed E-state index contributed by atoms with van der Waals surface area (Å²) in [5.41, 5.74) is 2.31. The first-order chi connectivity index (χ1) is 11.6. The van der Waals surface area contributed by atoms with Gasteiger partial charge in [-0.25, -0.2) is 8.42 Å². The van der Waals surface area contributed by atoms with Gasteiger partial charge < -0.3 is 10.2 Å². The van der Waals surface area contributed by atoms with Crippen molar-refractivity contribution in [2.75, 3.05) is 57.8 Å². The lowest BCUT2D eigenvalue weighted by Crippen LogP contribution is -2.49. The molecule has 0 aromatic heterocycles. The van der Waals surface area contributed by atoms with Gasteiger partial charge in [-0.2, -0.15) is 4.31 Å². The lowest BCUT2D eigenvalue weighted by molar-refractivity contribution is 0.179. The summed E-state index contributed by atoms with van der Waals surface area (Å²) in [4.78, 5) is 5.01. The van der Waals surface area contributed by atoms with Crippen LogP contribution in [0.3, 0.4) is 0 Å². The lowest BCUT2D eigenvalue weighted by Gasteiger charge is -2.32. The number of hydrogen-bond acceptors (Lipinski definition) is 5. The molecule has 1 N–H and O–H groups in total. The van der Waals surface area contributed by atoms with E-state index in [9.17, 15) is 8.42 Å². The van der Waals surface area contributed by atoms with E-state index in [4.69, 9.17) is 0 Å². The van der Waals surface area contributed by atoms with Crippen LogP contribution in [0.15, 0.2) is 23.1 Å². The highest BCUT2D eigenvalue weighted by Gasteiger charge is 2.36. The number of benzene rings is 1. The summed E-state index contributed by atoms with van der Waals surface area (Å²) >= 11 is 0. The van der Waals surface area contributed by atoms with Crippen molar-refractivity contribution in [3.8, 4) is 0 Å². The second-order valence-electron chi connectivity index (χ2n) is 7.05. The van der Waals surface area contributed by atoms with E-state index >= 15 is 0 Å². The first kappa shape index (κ1) is 16.3. The van der Waals surface area contributed by atoms with Crippen LogP contribution in [0.25, 0.3) is 0 Å². The largest absolute Gasteiger partial charge is 0.374 e. The molecule has 24 heavy (non-hydrogen) atoms. The third kappa shape index (κ3) is 2.83. The first-order valence-corrected chi connectivity index (χ1v) is 10.3. The van der Waals surface area contributed by atoms with Crippen molar-refractivity contribution in [3.05, 3.63) is 23.8 Å². The molecule has 3 aliphatic rings. The predicted octanol–water partition coefficient (Wildman–Crippen LogP) is 0.347. The van der Waals surface area contributed by atoms with Crippen LogP contribution in [-0.2, 0) is 16.4 Å². The van der Waals surface area contributed by atoms with Gasteiger partial charge in [-0.3, -0.25) is 4.90 Å². The lowest BCUT2D eigenvalue weighted by atomic mass is 10.2. The normalized spacial score (nSPS) is 26.0. The molecule has 2 saturated heterocycles. The second kappa shape index (κ2) is 6.29. The molecule has 1 atom stereocenters. The Labute approximate surface area is 144 Å². The molecule has 1 aromatic carbocycles. The molecule has 0 bridgehead atoms. The number of hydrogen-bond donors (Lipinski definition) is 1. The van der Waals surface area contributed by atoms with Gasteiger partial charge in [-0.1, -0.05) is 6.07 Å². The number of sulfonamides is 1. The van der Waals surface area contributed by atoms with E-state index in [0.717, 1.165) is 51.3 Å². The van der Waals surface area contributed by atoms with Gasteiger partial charge in [-0.15, -0.1) is 0 Å². The molecule has 1 aromatic rings. The van der Waals surface area contributed by atoms with Gasteiger partial charge >= 0.3 is 0 Å². The Hall–Kier alpha value is -1.15. The first-order valence-electron chi connectivity index (χ1n) is 8.85. The van der Waals surface area contributed by atoms with Crippen LogP contribution in [0.5, 0.6) is 0 Å². The fraction of sp³-hybridized carbons (Fsp3) is 0.647. The molecule has 0 spiro atoms. The van der Waals surface area contributed by atoms with Gasteiger partial charge in [-0.05, 0) is 30.5 Å². The van der Waals surface area contributed by atoms with Crippen molar-refractivity contribution in [2.45, 2.75) is 23.8 Å². The van der Waals surface area contributed by atoms with Gasteiger partial charge in [0.05, 0.1) is 4.90 Å². The number of likely N-dealkylation sites (N-methyl/N-ethyl adjacent to an activating group) is 1. The summed E-state index contributed by atoms with van der Waals surface area (Å²) in [6, 6.07) is 5.98. The van der Waals surface area contributed by atoms with E-state index in [0.29, 0.717) is 24.0 Å². The third-order valence-corrected chi connectivity index (χ3v) is 7.48. The molecule has 7 heteroatoms. The van der Waals surface area contributed by atoms with E-state index in [-0.39, 0.29) is 0 Å². The van der Waals surface area contributed by atoms with Crippen LogP contribution in [0, 0.1) is 0 Å². The Balaban J connectivity index is 1.52. The topological polar surface area (TPSA) is 55.9 Å². The van der Waals surface area contributed by atoms with Gasteiger partial charge in [0, 0.05) is 64.6 Å². The van der Waals surface area contributed by atoms with Crippen LogP contribution in [-0.4, -0.2) is 76.5 Å². The maximum atomic E-state index is 13.0. The van der Waals surface area contributed by atoms with E-state index in [1.165, 1.54) is 5.56 Å². The van der Waals surface area contributed by atoms with E-state index in [1.807, 2.05) is 19.2 Å². The Morgan fingerprint density at radius 2 is 1.92 bits per heavy atom. The summed E-state index contributed by atoms with van der Waals surface area (Å²) in [5, 5.41) is 3.36. The molecular formula is C17H26N4O2S. The zero-order chi connectivity index (χ0) is 16.7. The fourth-order valence-electron chi connectivity index (χ4n) is 4.10. The van der Waals surface area contributed by atoms with Crippen LogP contribution >= 0.6 is 0 Å². The number of nitrogens with one attached hydrogen (secondary N) is 1. The third-order valence-electron chi connectivity index (χ3n) is 5.62. The van der Waals surface area contributed by atoms with Crippen LogP contribution in [0.1, 0.15) is 12.0 Å². The molecule has 0 amide bonds. The Morgan fingerprint density at radius 1 is 1.12 bits per heavy atom. The zero-order valence-electron chi connectivity index (χ0n) is 14.2. The molecule has 4 rings (SSSR count). The van der Waals surface area contributed by atoms with Crippen molar-refractivity contribution in [3.63, 3.8) is 0 Å². The minimum absolute atomic E-state index is 0.360. The highest BCUT2D eigenvalue weighted by molar-refractivity contribution is 7.89. The average Bonchev–Trinajstić information content (AvgIpc) is 3.23. The van der Waals surface area contributed by atoms with Gasteiger partial charge in [0.1, 0.15) is 0 Å². The van der Waals surface area contributed by atoms with Crippen molar-refractivity contribution >= 4 is 15.7 Å². The second-order valence-corrected chi connectivity index (χ2v) is 8.99.